The Labute approximate surface area is 244 Å². The predicted molar refractivity (Wildman–Crippen MR) is 155 cm³/mol. The third kappa shape index (κ3) is 6.75. The number of piperidine rings is 1. The van der Waals surface area contributed by atoms with Gasteiger partial charge in [0.2, 0.25) is 15.9 Å². The molecule has 2 aliphatic rings. The summed E-state index contributed by atoms with van der Waals surface area (Å²) in [5, 5.41) is 25.1. The standard InChI is InChI=1S/C29H35N7O5S/c37-27(24-9-5-17-36-25(33-34-26(24)36)11-10-21-12-15-30-16-13-21)32-20-29(28(38)39,23-8-4-14-31-18-23)35-42(40,41)19-22-6-2-1-3-7-22/h1-4,6-8,10-11,14,18,21,24,30,35H,5,9,12-13,15-17,19-20H2,(H,32,37)(H,38,39)/b11-10+/t24?,29-/m1/s1. The highest BCUT2D eigenvalue weighted by molar-refractivity contribution is 7.88. The second kappa shape index (κ2) is 12.9. The van der Waals surface area contributed by atoms with Gasteiger partial charge < -0.3 is 20.3 Å². The lowest BCUT2D eigenvalue weighted by Gasteiger charge is -2.31. The predicted octanol–water partition coefficient (Wildman–Crippen LogP) is 1.78. The van der Waals surface area contributed by atoms with Crippen LogP contribution in [0.15, 0.2) is 60.9 Å². The zero-order valence-corrected chi connectivity index (χ0v) is 24.0. The highest BCUT2D eigenvalue weighted by Gasteiger charge is 2.45. The molecule has 1 aromatic carbocycles. The van der Waals surface area contributed by atoms with Gasteiger partial charge in [-0.1, -0.05) is 42.5 Å². The van der Waals surface area contributed by atoms with Crippen LogP contribution in [0, 0.1) is 5.92 Å². The van der Waals surface area contributed by atoms with Crippen LogP contribution in [0.4, 0.5) is 0 Å². The summed E-state index contributed by atoms with van der Waals surface area (Å²) in [6.07, 6.45) is 10.2. The Bertz CT molecular complexity index is 1520. The van der Waals surface area contributed by atoms with Gasteiger partial charge in [0, 0.05) is 24.5 Å². The molecule has 4 heterocycles. The third-order valence-electron chi connectivity index (χ3n) is 7.79. The lowest BCUT2D eigenvalue weighted by Crippen LogP contribution is -2.58. The van der Waals surface area contributed by atoms with Gasteiger partial charge in [-0.15, -0.1) is 10.2 Å². The first kappa shape index (κ1) is 29.5. The van der Waals surface area contributed by atoms with Crippen molar-refractivity contribution < 1.29 is 23.1 Å². The highest BCUT2D eigenvalue weighted by atomic mass is 32.2. The van der Waals surface area contributed by atoms with E-state index in [1.165, 1.54) is 24.5 Å². The second-order valence-electron chi connectivity index (χ2n) is 10.7. The van der Waals surface area contributed by atoms with Crippen LogP contribution in [-0.2, 0) is 37.4 Å². The third-order valence-corrected chi connectivity index (χ3v) is 9.16. The van der Waals surface area contributed by atoms with Crippen molar-refractivity contribution >= 4 is 28.0 Å². The highest BCUT2D eigenvalue weighted by Crippen LogP contribution is 2.29. The number of amides is 1. The molecule has 0 aliphatic carbocycles. The zero-order chi connectivity index (χ0) is 29.6. The SMILES string of the molecule is O=C(NC[C@](NS(=O)(=O)Cc1ccccc1)(C(=O)O)c1cccnc1)C1CCCn2c(/C=C/C3CCNCC3)nnc21. The van der Waals surface area contributed by atoms with Gasteiger partial charge in [-0.2, -0.15) is 4.72 Å². The van der Waals surface area contributed by atoms with E-state index in [0.29, 0.717) is 42.5 Å². The van der Waals surface area contributed by atoms with Gasteiger partial charge in [0.15, 0.2) is 11.4 Å². The largest absolute Gasteiger partial charge is 0.480 e. The molecule has 0 radical (unpaired) electrons. The van der Waals surface area contributed by atoms with Crippen LogP contribution in [-0.4, -0.2) is 64.8 Å². The van der Waals surface area contributed by atoms with Gasteiger partial charge in [-0.05, 0) is 62.4 Å². The fourth-order valence-electron chi connectivity index (χ4n) is 5.52. The molecule has 0 bridgehead atoms. The molecule has 5 rings (SSSR count). The summed E-state index contributed by atoms with van der Waals surface area (Å²) in [4.78, 5) is 30.3. The Hall–Kier alpha value is -3.94. The number of benzene rings is 1. The summed E-state index contributed by atoms with van der Waals surface area (Å²) in [7, 11) is -4.17. The van der Waals surface area contributed by atoms with Crippen molar-refractivity contribution in [3.8, 4) is 0 Å². The monoisotopic (exact) mass is 593 g/mol. The maximum Gasteiger partial charge on any atom is 0.331 e. The summed E-state index contributed by atoms with van der Waals surface area (Å²) >= 11 is 0. The van der Waals surface area contributed by atoms with Crippen molar-refractivity contribution in [3.05, 3.63) is 83.7 Å². The molecule has 4 N–H and O–H groups in total. The second-order valence-corrected chi connectivity index (χ2v) is 12.4. The van der Waals surface area contributed by atoms with Gasteiger partial charge in [0.05, 0.1) is 18.2 Å². The van der Waals surface area contributed by atoms with E-state index < -0.39 is 45.7 Å². The van der Waals surface area contributed by atoms with Crippen LogP contribution in [0.5, 0.6) is 0 Å². The van der Waals surface area contributed by atoms with Crippen molar-refractivity contribution in [2.75, 3.05) is 19.6 Å². The quantitative estimate of drug-likeness (QED) is 0.259. The molecule has 2 aliphatic heterocycles. The average molecular weight is 594 g/mol. The van der Waals surface area contributed by atoms with Crippen molar-refractivity contribution in [1.82, 2.24) is 35.1 Å². The van der Waals surface area contributed by atoms with E-state index in [0.717, 1.165) is 25.9 Å². The molecule has 42 heavy (non-hydrogen) atoms. The number of nitrogens with one attached hydrogen (secondary N) is 3. The number of hydrogen-bond acceptors (Lipinski definition) is 8. The smallest absolute Gasteiger partial charge is 0.331 e. The van der Waals surface area contributed by atoms with E-state index in [4.69, 9.17) is 0 Å². The Balaban J connectivity index is 1.36. The number of hydrogen-bond donors (Lipinski definition) is 4. The molecule has 3 aromatic rings. The molecular formula is C29H35N7O5S. The van der Waals surface area contributed by atoms with E-state index in [9.17, 15) is 23.1 Å². The number of nitrogens with zero attached hydrogens (tertiary/aromatic N) is 4. The molecule has 13 heteroatoms. The van der Waals surface area contributed by atoms with E-state index in [2.05, 4.69) is 36.6 Å². The summed E-state index contributed by atoms with van der Waals surface area (Å²) in [6.45, 7) is 2.10. The van der Waals surface area contributed by atoms with Crippen LogP contribution in [0.1, 0.15) is 54.4 Å². The van der Waals surface area contributed by atoms with Crippen LogP contribution < -0.4 is 15.4 Å². The van der Waals surface area contributed by atoms with Gasteiger partial charge in [-0.3, -0.25) is 9.78 Å². The maximum absolute atomic E-state index is 13.5. The zero-order valence-electron chi connectivity index (χ0n) is 23.1. The van der Waals surface area contributed by atoms with Crippen molar-refractivity contribution in [2.24, 2.45) is 5.92 Å². The molecular weight excluding hydrogens is 558 g/mol. The van der Waals surface area contributed by atoms with Crippen molar-refractivity contribution in [1.29, 1.82) is 0 Å². The summed E-state index contributed by atoms with van der Waals surface area (Å²) in [5.41, 5.74) is -1.61. The molecule has 0 saturated carbocycles. The number of pyridine rings is 1. The van der Waals surface area contributed by atoms with Gasteiger partial charge in [-0.25, -0.2) is 13.2 Å². The number of sulfonamides is 1. The first-order valence-corrected chi connectivity index (χ1v) is 15.7. The first-order chi connectivity index (χ1) is 20.3. The number of carboxylic acids is 1. The lowest BCUT2D eigenvalue weighted by molar-refractivity contribution is -0.144. The topological polar surface area (TPSA) is 168 Å². The molecule has 2 atom stereocenters. The maximum atomic E-state index is 13.5. The number of allylic oxidation sites excluding steroid dienone is 1. The molecule has 1 unspecified atom stereocenters. The number of carbonyl (C=O) groups excluding carboxylic acids is 1. The molecule has 12 nitrogen and oxygen atoms in total. The number of aromatic nitrogens is 4. The van der Waals surface area contributed by atoms with Crippen LogP contribution in [0.3, 0.4) is 0 Å². The normalized spacial score (nSPS) is 19.2. The molecule has 222 valence electrons. The van der Waals surface area contributed by atoms with E-state index in [1.54, 1.807) is 30.3 Å². The number of rotatable bonds is 11. The summed E-state index contributed by atoms with van der Waals surface area (Å²) in [6, 6.07) is 11.4. The van der Waals surface area contributed by atoms with Crippen molar-refractivity contribution in [3.63, 3.8) is 0 Å². The van der Waals surface area contributed by atoms with E-state index in [1.807, 2.05) is 10.6 Å². The van der Waals surface area contributed by atoms with Crippen LogP contribution in [0.25, 0.3) is 6.08 Å². The Kier molecular flexibility index (Phi) is 9.09. The van der Waals surface area contributed by atoms with Crippen LogP contribution >= 0.6 is 0 Å². The average Bonchev–Trinajstić information content (AvgIpc) is 3.42. The number of aliphatic carboxylic acids is 1. The van der Waals surface area contributed by atoms with E-state index >= 15 is 0 Å². The number of carboxylic acid groups (broad SMARTS) is 1. The molecule has 1 fully saturated rings. The molecule has 0 spiro atoms. The molecule has 1 amide bonds. The van der Waals surface area contributed by atoms with Gasteiger partial charge >= 0.3 is 5.97 Å². The minimum Gasteiger partial charge on any atom is -0.480 e. The summed E-state index contributed by atoms with van der Waals surface area (Å²) in [5.74, 6) is -1.35. The lowest BCUT2D eigenvalue weighted by atomic mass is 9.91. The van der Waals surface area contributed by atoms with Crippen molar-refractivity contribution in [2.45, 2.75) is 49.4 Å². The minimum atomic E-state index is -4.17. The minimum absolute atomic E-state index is 0.0894. The first-order valence-electron chi connectivity index (χ1n) is 14.1. The summed E-state index contributed by atoms with van der Waals surface area (Å²) < 4.78 is 30.8. The number of carbonyl (C=O) groups is 2. The Morgan fingerprint density at radius 3 is 2.60 bits per heavy atom. The molecule has 2 aromatic heterocycles. The van der Waals surface area contributed by atoms with Gasteiger partial charge in [0.1, 0.15) is 5.82 Å². The Morgan fingerprint density at radius 2 is 1.88 bits per heavy atom. The fraction of sp³-hybridized carbons (Fsp3) is 0.414. The van der Waals surface area contributed by atoms with Gasteiger partial charge in [0.25, 0.3) is 0 Å². The fourth-order valence-corrected chi connectivity index (χ4v) is 7.03. The number of fused-ring (bicyclic) bond motifs is 1. The Morgan fingerprint density at radius 1 is 1.10 bits per heavy atom. The van der Waals surface area contributed by atoms with E-state index in [-0.39, 0.29) is 5.56 Å². The molecule has 1 saturated heterocycles. The van der Waals surface area contributed by atoms with Crippen LogP contribution in [0.2, 0.25) is 0 Å².